The second kappa shape index (κ2) is 12.2. The van der Waals surface area contributed by atoms with Crippen molar-refractivity contribution in [3.63, 3.8) is 0 Å². The molecule has 2 aromatic carbocycles. The fourth-order valence-corrected chi connectivity index (χ4v) is 4.61. The summed E-state index contributed by atoms with van der Waals surface area (Å²) < 4.78 is 66.6. The molecule has 0 amide bonds. The predicted octanol–water partition coefficient (Wildman–Crippen LogP) is 1.58. The van der Waals surface area contributed by atoms with E-state index < -0.39 is 25.1 Å². The van der Waals surface area contributed by atoms with Gasteiger partial charge in [0.05, 0.1) is 6.61 Å². The smallest absolute Gasteiger partial charge is 0.295 e. The lowest BCUT2D eigenvalue weighted by Gasteiger charge is -2.11. The van der Waals surface area contributed by atoms with Crippen LogP contribution in [0.4, 0.5) is 17.6 Å². The predicted molar refractivity (Wildman–Crippen MR) is 138 cm³/mol. The Labute approximate surface area is 214 Å². The number of aliphatic hydroxyl groups excluding tert-OH is 1. The average molecular weight is 551 g/mol. The molecule has 0 spiro atoms. The lowest BCUT2D eigenvalue weighted by Crippen LogP contribution is -2.25. The van der Waals surface area contributed by atoms with Gasteiger partial charge in [-0.1, -0.05) is 36.4 Å². The summed E-state index contributed by atoms with van der Waals surface area (Å²) in [5.74, 6) is 0.813. The Hall–Kier alpha value is -3.47. The molecule has 0 aliphatic heterocycles. The molecule has 0 bridgehead atoms. The Bertz CT molecular complexity index is 1500. The van der Waals surface area contributed by atoms with Crippen molar-refractivity contribution in [1.29, 1.82) is 0 Å². The molecule has 0 saturated heterocycles. The van der Waals surface area contributed by atoms with Crippen molar-refractivity contribution < 1.29 is 31.0 Å². The van der Waals surface area contributed by atoms with E-state index in [0.29, 0.717) is 25.5 Å². The molecule has 15 heteroatoms. The molecule has 0 atom stereocenters. The number of hydrogen-bond donors (Lipinski definition) is 6. The van der Waals surface area contributed by atoms with Gasteiger partial charge in [-0.2, -0.15) is 31.8 Å². The molecule has 3 aromatic rings. The summed E-state index contributed by atoms with van der Waals surface area (Å²) in [4.78, 5) is 11.8. The highest BCUT2D eigenvalue weighted by atomic mass is 32.2. The largest absolute Gasteiger partial charge is 0.395 e. The topological polar surface area (TPSA) is 204 Å². The van der Waals surface area contributed by atoms with E-state index in [9.17, 15) is 25.9 Å². The molecule has 6 N–H and O–H groups in total. The summed E-state index contributed by atoms with van der Waals surface area (Å²) in [6.07, 6.45) is 2.61. The van der Waals surface area contributed by atoms with Crippen LogP contribution >= 0.6 is 0 Å². The molecule has 0 saturated carbocycles. The van der Waals surface area contributed by atoms with Gasteiger partial charge in [-0.25, -0.2) is 0 Å². The number of anilines is 3. The maximum atomic E-state index is 12.1. The molecule has 1 heterocycles. The first kappa shape index (κ1) is 28.1. The first-order chi connectivity index (χ1) is 17.5. The Balaban J connectivity index is 1.86. The molecule has 0 radical (unpaired) electrons. The third-order valence-electron chi connectivity index (χ3n) is 4.81. The fourth-order valence-electron chi connectivity index (χ4n) is 3.22. The summed E-state index contributed by atoms with van der Waals surface area (Å²) in [5, 5.41) is 17.7. The van der Waals surface area contributed by atoms with Crippen LogP contribution in [0, 0.1) is 6.92 Å². The number of nitrogens with one attached hydrogen (secondary N) is 3. The number of aromatic nitrogens is 3. The van der Waals surface area contributed by atoms with E-state index in [1.165, 1.54) is 48.6 Å². The molecule has 13 nitrogen and oxygen atoms in total. The SMILES string of the molecule is Cc1nc(NCCNCCO)nc(Nc2ccc(/C=C/c3ccccc3S(=O)(=O)O)c(S(=O)(=O)O)c2)n1. The van der Waals surface area contributed by atoms with E-state index in [1.54, 1.807) is 13.0 Å². The van der Waals surface area contributed by atoms with Crippen molar-refractivity contribution in [2.45, 2.75) is 16.7 Å². The van der Waals surface area contributed by atoms with E-state index in [-0.39, 0.29) is 40.2 Å². The number of rotatable bonds is 12. The third-order valence-corrected chi connectivity index (χ3v) is 6.64. The monoisotopic (exact) mass is 550 g/mol. The van der Waals surface area contributed by atoms with Crippen LogP contribution in [0.3, 0.4) is 0 Å². The highest BCUT2D eigenvalue weighted by Gasteiger charge is 2.17. The Morgan fingerprint density at radius 1 is 0.811 bits per heavy atom. The zero-order valence-corrected chi connectivity index (χ0v) is 21.3. The van der Waals surface area contributed by atoms with Gasteiger partial charge in [0.25, 0.3) is 20.2 Å². The van der Waals surface area contributed by atoms with Crippen LogP contribution in [0.2, 0.25) is 0 Å². The minimum absolute atomic E-state index is 0.0247. The molecular formula is C22H26N6O7S2. The minimum atomic E-state index is -4.68. The van der Waals surface area contributed by atoms with Gasteiger partial charge in [0.2, 0.25) is 11.9 Å². The van der Waals surface area contributed by atoms with Gasteiger partial charge in [-0.15, -0.1) is 0 Å². The number of nitrogens with zero attached hydrogens (tertiary/aromatic N) is 3. The van der Waals surface area contributed by atoms with Gasteiger partial charge in [0, 0.05) is 25.3 Å². The molecule has 0 aliphatic rings. The van der Waals surface area contributed by atoms with Crippen LogP contribution in [-0.2, 0) is 20.2 Å². The second-order valence-electron chi connectivity index (χ2n) is 7.63. The summed E-state index contributed by atoms with van der Waals surface area (Å²) in [7, 11) is -9.18. The van der Waals surface area contributed by atoms with Gasteiger partial charge in [-0.05, 0) is 36.2 Å². The van der Waals surface area contributed by atoms with Crippen LogP contribution in [0.25, 0.3) is 12.2 Å². The molecule has 3 rings (SSSR count). The van der Waals surface area contributed by atoms with Crippen LogP contribution in [0.1, 0.15) is 17.0 Å². The van der Waals surface area contributed by atoms with Crippen LogP contribution < -0.4 is 16.0 Å². The molecular weight excluding hydrogens is 524 g/mol. The van der Waals surface area contributed by atoms with E-state index in [4.69, 9.17) is 5.11 Å². The van der Waals surface area contributed by atoms with Crippen molar-refractivity contribution in [2.24, 2.45) is 0 Å². The molecule has 0 unspecified atom stereocenters. The first-order valence-corrected chi connectivity index (χ1v) is 13.8. The Kier molecular flexibility index (Phi) is 9.25. The van der Waals surface area contributed by atoms with E-state index in [0.717, 1.165) is 0 Å². The van der Waals surface area contributed by atoms with E-state index in [1.807, 2.05) is 0 Å². The van der Waals surface area contributed by atoms with Gasteiger partial charge >= 0.3 is 0 Å². The molecule has 1 aromatic heterocycles. The summed E-state index contributed by atoms with van der Waals surface area (Å²) in [6.45, 7) is 3.19. The highest BCUT2D eigenvalue weighted by Crippen LogP contribution is 2.25. The molecule has 0 aliphatic carbocycles. The number of benzene rings is 2. The average Bonchev–Trinajstić information content (AvgIpc) is 2.82. The number of aryl methyl sites for hydroxylation is 1. The van der Waals surface area contributed by atoms with E-state index in [2.05, 4.69) is 30.9 Å². The first-order valence-electron chi connectivity index (χ1n) is 10.9. The lowest BCUT2D eigenvalue weighted by atomic mass is 10.1. The minimum Gasteiger partial charge on any atom is -0.395 e. The van der Waals surface area contributed by atoms with Crippen LogP contribution in [0.15, 0.2) is 52.3 Å². The fraction of sp³-hybridized carbons (Fsp3) is 0.227. The van der Waals surface area contributed by atoms with Gasteiger partial charge in [0.15, 0.2) is 0 Å². The highest BCUT2D eigenvalue weighted by molar-refractivity contribution is 7.86. The van der Waals surface area contributed by atoms with E-state index >= 15 is 0 Å². The van der Waals surface area contributed by atoms with Gasteiger partial charge < -0.3 is 21.1 Å². The second-order valence-corrected chi connectivity index (χ2v) is 10.4. The molecule has 198 valence electrons. The Morgan fingerprint density at radius 2 is 1.46 bits per heavy atom. The zero-order chi connectivity index (χ0) is 27.1. The van der Waals surface area contributed by atoms with Crippen molar-refractivity contribution in [3.05, 3.63) is 59.4 Å². The molecule has 37 heavy (non-hydrogen) atoms. The standard InChI is InChI=1S/C22H26N6O7S2/c1-15-25-21(24-11-10-23-12-13-29)28-22(26-15)27-18-9-8-17(20(14-18)37(33,34)35)7-6-16-4-2-3-5-19(16)36(30,31)32/h2-9,14,23,29H,10-13H2,1H3,(H,30,31,32)(H,33,34,35)(H2,24,25,26,27,28)/b7-6+. The quantitative estimate of drug-likeness (QED) is 0.108. The van der Waals surface area contributed by atoms with Crippen LogP contribution in [-0.4, -0.2) is 72.2 Å². The van der Waals surface area contributed by atoms with Gasteiger partial charge in [0.1, 0.15) is 15.6 Å². The van der Waals surface area contributed by atoms with Crippen molar-refractivity contribution in [3.8, 4) is 0 Å². The van der Waals surface area contributed by atoms with Gasteiger partial charge in [-0.3, -0.25) is 9.11 Å². The zero-order valence-electron chi connectivity index (χ0n) is 19.7. The maximum absolute atomic E-state index is 12.1. The molecule has 0 fully saturated rings. The summed E-state index contributed by atoms with van der Waals surface area (Å²) in [6, 6.07) is 9.72. The Morgan fingerprint density at radius 3 is 2.14 bits per heavy atom. The third kappa shape index (κ3) is 8.28. The van der Waals surface area contributed by atoms with Crippen molar-refractivity contribution in [1.82, 2.24) is 20.3 Å². The summed E-state index contributed by atoms with van der Waals surface area (Å²) in [5.41, 5.74) is 0.452. The maximum Gasteiger partial charge on any atom is 0.295 e. The lowest BCUT2D eigenvalue weighted by molar-refractivity contribution is 0.293. The van der Waals surface area contributed by atoms with Crippen molar-refractivity contribution in [2.75, 3.05) is 36.9 Å². The van der Waals surface area contributed by atoms with Crippen LogP contribution in [0.5, 0.6) is 0 Å². The number of aliphatic hydroxyl groups is 1. The summed E-state index contributed by atoms with van der Waals surface area (Å²) >= 11 is 0. The normalized spacial score (nSPS) is 12.1. The number of hydrogen-bond acceptors (Lipinski definition) is 11. The van der Waals surface area contributed by atoms with Crippen molar-refractivity contribution >= 4 is 50.0 Å².